The van der Waals surface area contributed by atoms with E-state index in [0.29, 0.717) is 6.42 Å². The standard InChI is InChI=1S/C14H16INO3/c1-19-14(18)12(16-13(17)10-5-6-10)8-9-3-2-4-11(15)7-9/h2-4,7,10,12H,5-6,8H2,1H3,(H,16,17)/t12-/m1/s1. The molecule has 0 spiro atoms. The summed E-state index contributed by atoms with van der Waals surface area (Å²) in [5, 5.41) is 2.78. The second-order valence-electron chi connectivity index (χ2n) is 4.69. The molecule has 0 unspecified atom stereocenters. The minimum absolute atomic E-state index is 0.0407. The van der Waals surface area contributed by atoms with Crippen LogP contribution in [0.25, 0.3) is 0 Å². The zero-order valence-electron chi connectivity index (χ0n) is 10.7. The number of halogens is 1. The lowest BCUT2D eigenvalue weighted by Gasteiger charge is -2.16. The van der Waals surface area contributed by atoms with Crippen LogP contribution in [0.15, 0.2) is 24.3 Å². The molecule has 0 bridgehead atoms. The first-order valence-electron chi connectivity index (χ1n) is 6.23. The summed E-state index contributed by atoms with van der Waals surface area (Å²) in [7, 11) is 1.34. The van der Waals surface area contributed by atoms with E-state index in [4.69, 9.17) is 4.74 Å². The molecule has 0 aromatic heterocycles. The second-order valence-corrected chi connectivity index (χ2v) is 5.94. The molecule has 1 aliphatic carbocycles. The quantitative estimate of drug-likeness (QED) is 0.634. The molecule has 1 aromatic rings. The van der Waals surface area contributed by atoms with Gasteiger partial charge in [-0.15, -0.1) is 0 Å². The largest absolute Gasteiger partial charge is 0.467 e. The fraction of sp³-hybridized carbons (Fsp3) is 0.429. The van der Waals surface area contributed by atoms with Gasteiger partial charge < -0.3 is 10.1 Å². The van der Waals surface area contributed by atoms with Crippen molar-refractivity contribution in [2.75, 3.05) is 7.11 Å². The van der Waals surface area contributed by atoms with Gasteiger partial charge in [0.15, 0.2) is 0 Å². The Kier molecular flexibility index (Phi) is 4.79. The lowest BCUT2D eigenvalue weighted by molar-refractivity contribution is -0.145. The molecule has 5 heteroatoms. The van der Waals surface area contributed by atoms with Gasteiger partial charge in [-0.2, -0.15) is 0 Å². The number of methoxy groups -OCH3 is 1. The number of nitrogens with one attached hydrogen (secondary N) is 1. The minimum atomic E-state index is -0.601. The SMILES string of the molecule is COC(=O)[C@@H](Cc1cccc(I)c1)NC(=O)C1CC1. The van der Waals surface area contributed by atoms with Crippen molar-refractivity contribution in [2.45, 2.75) is 25.3 Å². The van der Waals surface area contributed by atoms with Crippen LogP contribution in [0, 0.1) is 9.49 Å². The third-order valence-electron chi connectivity index (χ3n) is 3.08. The van der Waals surface area contributed by atoms with Crippen LogP contribution in [0.3, 0.4) is 0 Å². The summed E-state index contributed by atoms with van der Waals surface area (Å²) in [4.78, 5) is 23.5. The Balaban J connectivity index is 2.04. The zero-order chi connectivity index (χ0) is 13.8. The van der Waals surface area contributed by atoms with Gasteiger partial charge in [-0.25, -0.2) is 4.79 Å². The van der Waals surface area contributed by atoms with E-state index in [1.54, 1.807) is 0 Å². The maximum atomic E-state index is 11.8. The lowest BCUT2D eigenvalue weighted by atomic mass is 10.1. The molecule has 1 amide bonds. The number of amides is 1. The third kappa shape index (κ3) is 4.19. The van der Waals surface area contributed by atoms with Crippen LogP contribution in [-0.2, 0) is 20.7 Å². The molecule has 1 aromatic carbocycles. The monoisotopic (exact) mass is 373 g/mol. The molecule has 1 N–H and O–H groups in total. The number of benzene rings is 1. The Labute approximate surface area is 126 Å². The highest BCUT2D eigenvalue weighted by Gasteiger charge is 2.32. The van der Waals surface area contributed by atoms with Crippen LogP contribution in [0.5, 0.6) is 0 Å². The Morgan fingerprint density at radius 3 is 2.79 bits per heavy atom. The van der Waals surface area contributed by atoms with Gasteiger partial charge in [0.05, 0.1) is 7.11 Å². The molecular formula is C14H16INO3. The predicted molar refractivity (Wildman–Crippen MR) is 79.5 cm³/mol. The van der Waals surface area contributed by atoms with Gasteiger partial charge in [-0.1, -0.05) is 12.1 Å². The Morgan fingerprint density at radius 2 is 2.21 bits per heavy atom. The molecule has 1 fully saturated rings. The number of ether oxygens (including phenoxy) is 1. The Hall–Kier alpha value is -1.11. The van der Waals surface area contributed by atoms with Crippen LogP contribution >= 0.6 is 22.6 Å². The Morgan fingerprint density at radius 1 is 1.47 bits per heavy atom. The van der Waals surface area contributed by atoms with Crippen molar-refractivity contribution in [3.8, 4) is 0 Å². The summed E-state index contributed by atoms with van der Waals surface area (Å²) in [5.41, 5.74) is 1.01. The van der Waals surface area contributed by atoms with Crippen LogP contribution in [0.4, 0.5) is 0 Å². The lowest BCUT2D eigenvalue weighted by Crippen LogP contribution is -2.43. The molecule has 0 aliphatic heterocycles. The van der Waals surface area contributed by atoms with E-state index in [-0.39, 0.29) is 11.8 Å². The summed E-state index contributed by atoms with van der Waals surface area (Å²) in [5.74, 6) is -0.350. The molecule has 0 saturated heterocycles. The van der Waals surface area contributed by atoms with Crippen molar-refractivity contribution in [1.82, 2.24) is 5.32 Å². The molecular weight excluding hydrogens is 357 g/mol. The van der Waals surface area contributed by atoms with Crippen molar-refractivity contribution in [3.05, 3.63) is 33.4 Å². The van der Waals surface area contributed by atoms with Crippen LogP contribution in [0.2, 0.25) is 0 Å². The fourth-order valence-corrected chi connectivity index (χ4v) is 2.48. The van der Waals surface area contributed by atoms with E-state index < -0.39 is 12.0 Å². The number of carbonyl (C=O) groups is 2. The van der Waals surface area contributed by atoms with E-state index >= 15 is 0 Å². The van der Waals surface area contributed by atoms with Gasteiger partial charge in [0.1, 0.15) is 6.04 Å². The molecule has 1 aliphatic rings. The topological polar surface area (TPSA) is 55.4 Å². The van der Waals surface area contributed by atoms with E-state index in [9.17, 15) is 9.59 Å². The van der Waals surface area contributed by atoms with Gasteiger partial charge in [0.25, 0.3) is 0 Å². The van der Waals surface area contributed by atoms with E-state index in [0.717, 1.165) is 22.0 Å². The minimum Gasteiger partial charge on any atom is -0.467 e. The predicted octanol–water partition coefficient (Wildman–Crippen LogP) is 1.90. The summed E-state index contributed by atoms with van der Waals surface area (Å²) >= 11 is 2.22. The van der Waals surface area contributed by atoms with E-state index in [1.807, 2.05) is 24.3 Å². The molecule has 2 rings (SSSR count). The second kappa shape index (κ2) is 6.36. The van der Waals surface area contributed by atoms with E-state index in [2.05, 4.69) is 27.9 Å². The highest BCUT2D eigenvalue weighted by Crippen LogP contribution is 2.29. The van der Waals surface area contributed by atoms with Gasteiger partial charge >= 0.3 is 5.97 Å². The molecule has 1 saturated carbocycles. The summed E-state index contributed by atoms with van der Waals surface area (Å²) in [6, 6.07) is 7.27. The summed E-state index contributed by atoms with van der Waals surface area (Å²) < 4.78 is 5.86. The van der Waals surface area contributed by atoms with Crippen molar-refractivity contribution in [3.63, 3.8) is 0 Å². The first-order valence-corrected chi connectivity index (χ1v) is 7.30. The number of carbonyl (C=O) groups excluding carboxylic acids is 2. The van der Waals surface area contributed by atoms with Gasteiger partial charge in [-0.3, -0.25) is 4.79 Å². The number of hydrogen-bond donors (Lipinski definition) is 1. The third-order valence-corrected chi connectivity index (χ3v) is 3.75. The molecule has 1 atom stereocenters. The van der Waals surface area contributed by atoms with Crippen LogP contribution in [0.1, 0.15) is 18.4 Å². The smallest absolute Gasteiger partial charge is 0.328 e. The van der Waals surface area contributed by atoms with Crippen molar-refractivity contribution < 1.29 is 14.3 Å². The molecule has 19 heavy (non-hydrogen) atoms. The van der Waals surface area contributed by atoms with Crippen LogP contribution in [-0.4, -0.2) is 25.0 Å². The summed E-state index contributed by atoms with van der Waals surface area (Å²) in [6.45, 7) is 0. The molecule has 0 radical (unpaired) electrons. The average molecular weight is 373 g/mol. The van der Waals surface area contributed by atoms with E-state index in [1.165, 1.54) is 7.11 Å². The van der Waals surface area contributed by atoms with Gasteiger partial charge in [0, 0.05) is 15.9 Å². The van der Waals surface area contributed by atoms with Crippen molar-refractivity contribution >= 4 is 34.5 Å². The molecule has 102 valence electrons. The highest BCUT2D eigenvalue weighted by molar-refractivity contribution is 14.1. The van der Waals surface area contributed by atoms with Crippen molar-refractivity contribution in [2.24, 2.45) is 5.92 Å². The maximum absolute atomic E-state index is 11.8. The normalized spacial score (nSPS) is 15.7. The summed E-state index contributed by atoms with van der Waals surface area (Å²) in [6.07, 6.45) is 2.30. The fourth-order valence-electron chi connectivity index (χ4n) is 1.87. The first-order chi connectivity index (χ1) is 9.10. The van der Waals surface area contributed by atoms with Crippen molar-refractivity contribution in [1.29, 1.82) is 0 Å². The maximum Gasteiger partial charge on any atom is 0.328 e. The Bertz CT molecular complexity index is 485. The molecule has 0 heterocycles. The first kappa shape index (κ1) is 14.3. The van der Waals surface area contributed by atoms with Gasteiger partial charge in [-0.05, 0) is 53.1 Å². The average Bonchev–Trinajstić information content (AvgIpc) is 3.21. The van der Waals surface area contributed by atoms with Crippen LogP contribution < -0.4 is 5.32 Å². The van der Waals surface area contributed by atoms with Gasteiger partial charge in [0.2, 0.25) is 5.91 Å². The zero-order valence-corrected chi connectivity index (χ0v) is 12.8. The number of esters is 1. The molecule has 4 nitrogen and oxygen atoms in total. The number of hydrogen-bond acceptors (Lipinski definition) is 3. The number of rotatable bonds is 5. The highest BCUT2D eigenvalue weighted by atomic mass is 127.